The lowest BCUT2D eigenvalue weighted by Crippen LogP contribution is -2.34. The third-order valence-electron chi connectivity index (χ3n) is 2.68. The molecule has 1 heterocycles. The number of benzene rings is 1. The van der Waals surface area contributed by atoms with Crippen LogP contribution in [-0.4, -0.2) is 23.2 Å². The molecule has 1 amide bonds. The van der Waals surface area contributed by atoms with E-state index in [-0.39, 0.29) is 12.0 Å². The standard InChI is InChI=1S/C15H20N2O2S.C2H6/c1-10(9-16-14(18)19-15(2,3)4)13-17-11-7-5-6-8-12(11)20-13;1-2/h5-8,10H,9H2,1-4H3,(H,16,18);1-2H3. The Kier molecular flexibility index (Phi) is 6.81. The number of nitrogens with zero attached hydrogens (tertiary/aromatic N) is 1. The highest BCUT2D eigenvalue weighted by Gasteiger charge is 2.17. The Morgan fingerprint density at radius 1 is 1.32 bits per heavy atom. The zero-order valence-electron chi connectivity index (χ0n) is 14.3. The number of rotatable bonds is 3. The van der Waals surface area contributed by atoms with Gasteiger partial charge in [0.15, 0.2) is 0 Å². The van der Waals surface area contributed by atoms with Crippen LogP contribution in [-0.2, 0) is 4.74 Å². The first kappa shape index (κ1) is 18.4. The van der Waals surface area contributed by atoms with E-state index in [1.54, 1.807) is 11.3 Å². The van der Waals surface area contributed by atoms with E-state index < -0.39 is 5.60 Å². The van der Waals surface area contributed by atoms with Gasteiger partial charge in [0, 0.05) is 12.5 Å². The van der Waals surface area contributed by atoms with Gasteiger partial charge in [-0.1, -0.05) is 32.9 Å². The van der Waals surface area contributed by atoms with E-state index in [2.05, 4.69) is 23.3 Å². The van der Waals surface area contributed by atoms with Gasteiger partial charge in [-0.15, -0.1) is 11.3 Å². The molecule has 122 valence electrons. The average Bonchev–Trinajstić information content (AvgIpc) is 2.89. The fourth-order valence-corrected chi connectivity index (χ4v) is 2.76. The number of hydrogen-bond acceptors (Lipinski definition) is 4. The lowest BCUT2D eigenvalue weighted by Gasteiger charge is -2.20. The lowest BCUT2D eigenvalue weighted by molar-refractivity contribution is 0.0525. The average molecular weight is 322 g/mol. The number of hydrogen-bond donors (Lipinski definition) is 1. The summed E-state index contributed by atoms with van der Waals surface area (Å²) >= 11 is 1.67. The van der Waals surface area contributed by atoms with Crippen LogP contribution in [0.3, 0.4) is 0 Å². The van der Waals surface area contributed by atoms with Gasteiger partial charge in [0.05, 0.1) is 15.2 Å². The molecule has 1 N–H and O–H groups in total. The number of carbonyl (C=O) groups excluding carboxylic acids is 1. The molecule has 1 aromatic carbocycles. The zero-order chi connectivity index (χ0) is 16.8. The summed E-state index contributed by atoms with van der Waals surface area (Å²) in [6.45, 7) is 12.1. The van der Waals surface area contributed by atoms with Crippen LogP contribution in [0.25, 0.3) is 10.2 Å². The third-order valence-corrected chi connectivity index (χ3v) is 3.95. The van der Waals surface area contributed by atoms with E-state index in [0.29, 0.717) is 6.54 Å². The molecule has 0 saturated heterocycles. The van der Waals surface area contributed by atoms with Gasteiger partial charge < -0.3 is 10.1 Å². The number of alkyl carbamates (subject to hydrolysis) is 1. The normalized spacial score (nSPS) is 12.3. The van der Waals surface area contributed by atoms with Crippen molar-refractivity contribution in [2.45, 2.75) is 53.1 Å². The van der Waals surface area contributed by atoms with Gasteiger partial charge in [-0.05, 0) is 32.9 Å². The number of para-hydroxylation sites is 1. The molecule has 2 aromatic rings. The van der Waals surface area contributed by atoms with Crippen molar-refractivity contribution in [2.75, 3.05) is 6.54 Å². The summed E-state index contributed by atoms with van der Waals surface area (Å²) in [6.07, 6.45) is -0.384. The fraction of sp³-hybridized carbons (Fsp3) is 0.529. The van der Waals surface area contributed by atoms with Crippen LogP contribution in [0.4, 0.5) is 4.79 Å². The minimum atomic E-state index is -0.469. The lowest BCUT2D eigenvalue weighted by atomic mass is 10.2. The smallest absolute Gasteiger partial charge is 0.407 e. The monoisotopic (exact) mass is 322 g/mol. The van der Waals surface area contributed by atoms with Gasteiger partial charge >= 0.3 is 6.09 Å². The number of aromatic nitrogens is 1. The van der Waals surface area contributed by atoms with Crippen LogP contribution >= 0.6 is 11.3 Å². The molecular formula is C17H26N2O2S. The van der Waals surface area contributed by atoms with Crippen molar-refractivity contribution in [1.82, 2.24) is 10.3 Å². The summed E-state index contributed by atoms with van der Waals surface area (Å²) in [5.41, 5.74) is 0.542. The highest BCUT2D eigenvalue weighted by Crippen LogP contribution is 2.26. The number of nitrogens with one attached hydrogen (secondary N) is 1. The van der Waals surface area contributed by atoms with E-state index in [1.165, 1.54) is 4.70 Å². The minimum absolute atomic E-state index is 0.167. The Labute approximate surface area is 136 Å². The van der Waals surface area contributed by atoms with E-state index in [0.717, 1.165) is 10.5 Å². The molecule has 5 heteroatoms. The second-order valence-electron chi connectivity index (χ2n) is 5.80. The maximum Gasteiger partial charge on any atom is 0.407 e. The molecule has 0 radical (unpaired) electrons. The summed E-state index contributed by atoms with van der Waals surface area (Å²) in [5.74, 6) is 0.167. The molecule has 0 saturated carbocycles. The Hall–Kier alpha value is -1.62. The quantitative estimate of drug-likeness (QED) is 0.869. The van der Waals surface area contributed by atoms with Crippen LogP contribution in [0.2, 0.25) is 0 Å². The van der Waals surface area contributed by atoms with Crippen molar-refractivity contribution in [3.8, 4) is 0 Å². The molecule has 1 aromatic heterocycles. The minimum Gasteiger partial charge on any atom is -0.444 e. The van der Waals surface area contributed by atoms with Crippen molar-refractivity contribution in [3.05, 3.63) is 29.3 Å². The first-order valence-corrected chi connectivity index (χ1v) is 8.49. The van der Waals surface area contributed by atoms with Crippen molar-refractivity contribution in [3.63, 3.8) is 0 Å². The van der Waals surface area contributed by atoms with Crippen molar-refractivity contribution in [1.29, 1.82) is 0 Å². The second kappa shape index (κ2) is 8.13. The summed E-state index contributed by atoms with van der Waals surface area (Å²) in [6, 6.07) is 8.05. The SMILES string of the molecule is CC.CC(CNC(=O)OC(C)(C)C)c1nc2ccccc2s1. The Bertz CT molecular complexity index is 569. The van der Waals surface area contributed by atoms with E-state index in [4.69, 9.17) is 4.74 Å². The molecule has 0 spiro atoms. The molecule has 2 rings (SSSR count). The van der Waals surface area contributed by atoms with E-state index in [1.807, 2.05) is 52.8 Å². The van der Waals surface area contributed by atoms with E-state index >= 15 is 0 Å². The maximum atomic E-state index is 11.6. The van der Waals surface area contributed by atoms with Crippen LogP contribution in [0.15, 0.2) is 24.3 Å². The topological polar surface area (TPSA) is 51.2 Å². The molecule has 1 unspecified atom stereocenters. The summed E-state index contributed by atoms with van der Waals surface area (Å²) in [5, 5.41) is 3.82. The zero-order valence-corrected chi connectivity index (χ0v) is 15.1. The number of fused-ring (bicyclic) bond motifs is 1. The largest absolute Gasteiger partial charge is 0.444 e. The maximum absolute atomic E-state index is 11.6. The van der Waals surface area contributed by atoms with Gasteiger partial charge in [-0.3, -0.25) is 0 Å². The van der Waals surface area contributed by atoms with Gasteiger partial charge in [0.2, 0.25) is 0 Å². The first-order chi connectivity index (χ1) is 10.3. The number of carbonyl (C=O) groups is 1. The fourth-order valence-electron chi connectivity index (χ4n) is 1.74. The molecule has 0 aliphatic heterocycles. The van der Waals surface area contributed by atoms with Crippen LogP contribution in [0.1, 0.15) is 52.5 Å². The van der Waals surface area contributed by atoms with Crippen LogP contribution in [0, 0.1) is 0 Å². The first-order valence-electron chi connectivity index (χ1n) is 7.67. The molecule has 22 heavy (non-hydrogen) atoms. The molecule has 0 bridgehead atoms. The van der Waals surface area contributed by atoms with Gasteiger partial charge in [-0.2, -0.15) is 0 Å². The molecule has 0 aliphatic rings. The number of amides is 1. The predicted molar refractivity (Wildman–Crippen MR) is 93.6 cm³/mol. The predicted octanol–water partition coefficient (Wildman–Crippen LogP) is 4.95. The van der Waals surface area contributed by atoms with Crippen molar-refractivity contribution in [2.24, 2.45) is 0 Å². The molecular weight excluding hydrogens is 296 g/mol. The Morgan fingerprint density at radius 3 is 2.55 bits per heavy atom. The van der Waals surface area contributed by atoms with Crippen molar-refractivity contribution >= 4 is 27.6 Å². The second-order valence-corrected chi connectivity index (χ2v) is 6.87. The van der Waals surface area contributed by atoms with Gasteiger partial charge in [0.25, 0.3) is 0 Å². The number of ether oxygens (including phenoxy) is 1. The number of thiazole rings is 1. The molecule has 4 nitrogen and oxygen atoms in total. The summed E-state index contributed by atoms with van der Waals surface area (Å²) < 4.78 is 6.39. The highest BCUT2D eigenvalue weighted by molar-refractivity contribution is 7.18. The molecule has 0 fully saturated rings. The summed E-state index contributed by atoms with van der Waals surface area (Å²) in [7, 11) is 0. The Morgan fingerprint density at radius 2 is 1.95 bits per heavy atom. The van der Waals surface area contributed by atoms with Gasteiger partial charge in [0.1, 0.15) is 5.60 Å². The van der Waals surface area contributed by atoms with E-state index in [9.17, 15) is 4.79 Å². The van der Waals surface area contributed by atoms with Crippen LogP contribution < -0.4 is 5.32 Å². The Balaban J connectivity index is 0.00000116. The van der Waals surface area contributed by atoms with Crippen LogP contribution in [0.5, 0.6) is 0 Å². The molecule has 0 aliphatic carbocycles. The highest BCUT2D eigenvalue weighted by atomic mass is 32.1. The summed E-state index contributed by atoms with van der Waals surface area (Å²) in [4.78, 5) is 16.2. The van der Waals surface area contributed by atoms with Crippen molar-refractivity contribution < 1.29 is 9.53 Å². The third kappa shape index (κ3) is 5.64. The molecule has 1 atom stereocenters. The van der Waals surface area contributed by atoms with Gasteiger partial charge in [-0.25, -0.2) is 9.78 Å².